The summed E-state index contributed by atoms with van der Waals surface area (Å²) in [7, 11) is 3.21. The van der Waals surface area contributed by atoms with Crippen molar-refractivity contribution in [2.45, 2.75) is 32.5 Å². The van der Waals surface area contributed by atoms with E-state index in [0.717, 1.165) is 12.1 Å². The van der Waals surface area contributed by atoms with Crippen LogP contribution >= 0.6 is 0 Å². The first-order valence-corrected chi connectivity index (χ1v) is 12.4. The molecule has 0 aliphatic heterocycles. The zero-order valence-electron chi connectivity index (χ0n) is 21.8. The fourth-order valence-electron chi connectivity index (χ4n) is 4.59. The summed E-state index contributed by atoms with van der Waals surface area (Å²) < 4.78 is 30.7. The van der Waals surface area contributed by atoms with Crippen LogP contribution in [0.3, 0.4) is 0 Å². The van der Waals surface area contributed by atoms with Gasteiger partial charge in [0.05, 0.1) is 20.8 Å². The van der Waals surface area contributed by atoms with Gasteiger partial charge in [-0.1, -0.05) is 50.2 Å². The first kappa shape index (κ1) is 26.5. The monoisotopic (exact) mass is 503 g/mol. The van der Waals surface area contributed by atoms with Gasteiger partial charge in [-0.25, -0.2) is 4.39 Å². The standard InChI is InChI=1S/C31H34FNO4/c1-22(2)19-33(20-23-6-5-7-26(32)18-23)21-29-16-17-30(37-29)31(34,24-8-12-27(35-3)13-9-24)25-10-14-28(36-4)15-11-25/h5-18,22,34H,19-21H2,1-4H3. The third-order valence-corrected chi connectivity index (χ3v) is 6.33. The Morgan fingerprint density at radius 3 is 1.95 bits per heavy atom. The molecule has 37 heavy (non-hydrogen) atoms. The molecule has 1 aromatic heterocycles. The van der Waals surface area contributed by atoms with Crippen LogP contribution in [0.5, 0.6) is 11.5 Å². The van der Waals surface area contributed by atoms with E-state index in [0.29, 0.717) is 53.2 Å². The number of halogens is 1. The maximum atomic E-state index is 13.8. The molecule has 6 heteroatoms. The molecule has 0 unspecified atom stereocenters. The van der Waals surface area contributed by atoms with Crippen LogP contribution in [0.2, 0.25) is 0 Å². The molecule has 0 amide bonds. The molecule has 5 nitrogen and oxygen atoms in total. The van der Waals surface area contributed by atoms with E-state index in [-0.39, 0.29) is 5.82 Å². The maximum Gasteiger partial charge on any atom is 0.173 e. The minimum atomic E-state index is -1.53. The summed E-state index contributed by atoms with van der Waals surface area (Å²) in [5.41, 5.74) is 0.680. The molecule has 4 aromatic rings. The number of furan rings is 1. The number of benzene rings is 3. The van der Waals surface area contributed by atoms with Crippen LogP contribution in [0.1, 0.15) is 42.1 Å². The Morgan fingerprint density at radius 1 is 0.838 bits per heavy atom. The first-order chi connectivity index (χ1) is 17.8. The molecule has 1 heterocycles. The molecule has 0 bridgehead atoms. The molecule has 0 spiro atoms. The molecular weight excluding hydrogens is 469 g/mol. The second-order valence-electron chi connectivity index (χ2n) is 9.63. The minimum absolute atomic E-state index is 0.244. The number of rotatable bonds is 11. The number of ether oxygens (including phenoxy) is 2. The van der Waals surface area contributed by atoms with Gasteiger partial charge in [0, 0.05) is 13.1 Å². The highest BCUT2D eigenvalue weighted by molar-refractivity contribution is 5.46. The highest BCUT2D eigenvalue weighted by Gasteiger charge is 2.37. The summed E-state index contributed by atoms with van der Waals surface area (Å²) in [5, 5.41) is 12.2. The third-order valence-electron chi connectivity index (χ3n) is 6.33. The van der Waals surface area contributed by atoms with Crippen LogP contribution in [0.4, 0.5) is 4.39 Å². The molecule has 0 aliphatic rings. The normalized spacial score (nSPS) is 11.8. The lowest BCUT2D eigenvalue weighted by Crippen LogP contribution is -2.28. The lowest BCUT2D eigenvalue weighted by Gasteiger charge is -2.28. The van der Waals surface area contributed by atoms with Gasteiger partial charge in [0.25, 0.3) is 0 Å². The van der Waals surface area contributed by atoms with Crippen LogP contribution in [-0.2, 0) is 18.7 Å². The Balaban J connectivity index is 1.67. The fourth-order valence-corrected chi connectivity index (χ4v) is 4.59. The number of methoxy groups -OCH3 is 2. The van der Waals surface area contributed by atoms with Crippen LogP contribution in [-0.4, -0.2) is 30.8 Å². The van der Waals surface area contributed by atoms with Gasteiger partial charge in [-0.15, -0.1) is 0 Å². The van der Waals surface area contributed by atoms with Crippen LogP contribution in [0.15, 0.2) is 89.3 Å². The molecule has 0 atom stereocenters. The Kier molecular flexibility index (Phi) is 8.31. The van der Waals surface area contributed by atoms with Crippen molar-refractivity contribution in [3.8, 4) is 11.5 Å². The predicted molar refractivity (Wildman–Crippen MR) is 142 cm³/mol. The van der Waals surface area contributed by atoms with Gasteiger partial charge in [-0.2, -0.15) is 0 Å². The van der Waals surface area contributed by atoms with E-state index < -0.39 is 5.60 Å². The Labute approximate surface area is 218 Å². The van der Waals surface area contributed by atoms with E-state index in [4.69, 9.17) is 13.9 Å². The topological polar surface area (TPSA) is 55.1 Å². The zero-order valence-corrected chi connectivity index (χ0v) is 21.8. The summed E-state index contributed by atoms with van der Waals surface area (Å²) in [4.78, 5) is 2.22. The van der Waals surface area contributed by atoms with Crippen LogP contribution in [0.25, 0.3) is 0 Å². The third kappa shape index (κ3) is 6.21. The van der Waals surface area contributed by atoms with Crippen LogP contribution in [0, 0.1) is 11.7 Å². The number of hydrogen-bond donors (Lipinski definition) is 1. The van der Waals surface area contributed by atoms with Gasteiger partial charge in [0.1, 0.15) is 28.8 Å². The highest BCUT2D eigenvalue weighted by Crippen LogP contribution is 2.39. The lowest BCUT2D eigenvalue weighted by atomic mass is 9.84. The first-order valence-electron chi connectivity index (χ1n) is 12.4. The summed E-state index contributed by atoms with van der Waals surface area (Å²) in [6.07, 6.45) is 0. The molecule has 4 rings (SSSR count). The van der Waals surface area contributed by atoms with E-state index >= 15 is 0 Å². The summed E-state index contributed by atoms with van der Waals surface area (Å²) in [5.74, 6) is 2.69. The highest BCUT2D eigenvalue weighted by atomic mass is 19.1. The van der Waals surface area contributed by atoms with Crippen LogP contribution < -0.4 is 9.47 Å². The van der Waals surface area contributed by atoms with Gasteiger partial charge in [-0.3, -0.25) is 4.90 Å². The van der Waals surface area contributed by atoms with Gasteiger partial charge < -0.3 is 19.0 Å². The number of nitrogens with zero attached hydrogens (tertiary/aromatic N) is 1. The van der Waals surface area contributed by atoms with Crippen molar-refractivity contribution < 1.29 is 23.4 Å². The van der Waals surface area contributed by atoms with Crippen molar-refractivity contribution >= 4 is 0 Å². The quantitative estimate of drug-likeness (QED) is 0.257. The lowest BCUT2D eigenvalue weighted by molar-refractivity contribution is 0.0947. The van der Waals surface area contributed by atoms with Crippen molar-refractivity contribution in [1.82, 2.24) is 4.90 Å². The molecular formula is C31H34FNO4. The molecule has 0 aliphatic carbocycles. The van der Waals surface area contributed by atoms with Gasteiger partial charge >= 0.3 is 0 Å². The van der Waals surface area contributed by atoms with E-state index in [1.54, 1.807) is 26.4 Å². The summed E-state index contributed by atoms with van der Waals surface area (Å²) in [6.45, 7) is 6.23. The summed E-state index contributed by atoms with van der Waals surface area (Å²) >= 11 is 0. The van der Waals surface area contributed by atoms with Crippen molar-refractivity contribution in [1.29, 1.82) is 0 Å². The van der Waals surface area contributed by atoms with E-state index in [1.165, 1.54) is 6.07 Å². The number of hydrogen-bond acceptors (Lipinski definition) is 5. The number of aliphatic hydroxyl groups is 1. The average Bonchev–Trinajstić information content (AvgIpc) is 3.37. The van der Waals surface area contributed by atoms with Gasteiger partial charge in [0.15, 0.2) is 5.60 Å². The second kappa shape index (κ2) is 11.6. The smallest absolute Gasteiger partial charge is 0.173 e. The van der Waals surface area contributed by atoms with Crippen molar-refractivity contribution in [2.24, 2.45) is 5.92 Å². The zero-order chi connectivity index (χ0) is 26.4. The van der Waals surface area contributed by atoms with E-state index in [9.17, 15) is 9.50 Å². The second-order valence-corrected chi connectivity index (χ2v) is 9.63. The minimum Gasteiger partial charge on any atom is -0.497 e. The molecule has 194 valence electrons. The van der Waals surface area contributed by atoms with E-state index in [2.05, 4.69) is 18.7 Å². The molecule has 0 fully saturated rings. The van der Waals surface area contributed by atoms with Crippen molar-refractivity contribution in [3.63, 3.8) is 0 Å². The Bertz CT molecular complexity index is 1230. The maximum absolute atomic E-state index is 13.8. The molecule has 0 radical (unpaired) electrons. The SMILES string of the molecule is COc1ccc(C(O)(c2ccc(OC)cc2)c2ccc(CN(Cc3cccc(F)c3)CC(C)C)o2)cc1. The van der Waals surface area contributed by atoms with Gasteiger partial charge in [0.2, 0.25) is 0 Å². The van der Waals surface area contributed by atoms with Crippen molar-refractivity contribution in [3.05, 3.63) is 119 Å². The predicted octanol–water partition coefficient (Wildman–Crippen LogP) is 6.38. The molecule has 0 saturated heterocycles. The largest absolute Gasteiger partial charge is 0.497 e. The molecule has 1 N–H and O–H groups in total. The van der Waals surface area contributed by atoms with Crippen molar-refractivity contribution in [2.75, 3.05) is 20.8 Å². The Hall–Kier alpha value is -3.61. The van der Waals surface area contributed by atoms with E-state index in [1.807, 2.05) is 66.7 Å². The molecule has 3 aromatic carbocycles. The average molecular weight is 504 g/mol. The molecule has 0 saturated carbocycles. The van der Waals surface area contributed by atoms with Gasteiger partial charge in [-0.05, 0) is 71.1 Å². The fraction of sp³-hybridized carbons (Fsp3) is 0.290. The summed E-state index contributed by atoms with van der Waals surface area (Å²) in [6, 6.07) is 25.0. The Morgan fingerprint density at radius 2 is 1.43 bits per heavy atom.